The van der Waals surface area contributed by atoms with Crippen molar-refractivity contribution in [3.63, 3.8) is 0 Å². The van der Waals surface area contributed by atoms with Crippen LogP contribution >= 0.6 is 0 Å². The highest BCUT2D eigenvalue weighted by molar-refractivity contribution is 7.89. The number of halogens is 1. The van der Waals surface area contributed by atoms with E-state index in [2.05, 4.69) is 5.32 Å². The predicted octanol–water partition coefficient (Wildman–Crippen LogP) is 6.00. The van der Waals surface area contributed by atoms with Crippen LogP contribution in [0, 0.1) is 19.7 Å². The van der Waals surface area contributed by atoms with Gasteiger partial charge >= 0.3 is 6.09 Å². The molecule has 0 saturated heterocycles. The molecule has 230 valence electrons. The van der Waals surface area contributed by atoms with E-state index >= 15 is 0 Å². The SMILES string of the molecule is Cc1ccc(Nc2c(N(C(=O)OC(C)(C)C)S(=O)C3(CC(=O)COCc4ccccc4)CC3)cc(C)c(=O)n2C)c(F)c1. The van der Waals surface area contributed by atoms with Crippen LogP contribution in [-0.4, -0.2) is 37.6 Å². The van der Waals surface area contributed by atoms with Gasteiger partial charge in [0.05, 0.1) is 17.0 Å². The van der Waals surface area contributed by atoms with Crippen LogP contribution < -0.4 is 15.2 Å². The summed E-state index contributed by atoms with van der Waals surface area (Å²) < 4.78 is 41.7. The molecule has 9 nitrogen and oxygen atoms in total. The Labute approximate surface area is 253 Å². The van der Waals surface area contributed by atoms with Gasteiger partial charge in [-0.1, -0.05) is 36.4 Å². The zero-order valence-electron chi connectivity index (χ0n) is 25.4. The number of nitrogens with one attached hydrogen (secondary N) is 1. The van der Waals surface area contributed by atoms with Crippen LogP contribution in [0.15, 0.2) is 59.4 Å². The van der Waals surface area contributed by atoms with Gasteiger partial charge in [-0.05, 0) is 76.8 Å². The Morgan fingerprint density at radius 3 is 2.37 bits per heavy atom. The standard InChI is InChI=1S/C32H38FN3O6S/c1-21-12-13-26(25(33)16-21)34-28-27(17-22(2)29(38)35(28)6)36(30(39)42-31(3,4)5)43(40)32(14-15-32)18-24(37)20-41-19-23-10-8-7-9-11-23/h7-13,16-17,34H,14-15,18-20H2,1-6H3. The number of aryl methyl sites for hydroxylation is 2. The van der Waals surface area contributed by atoms with Gasteiger partial charge < -0.3 is 14.8 Å². The minimum Gasteiger partial charge on any atom is -0.443 e. The maximum absolute atomic E-state index is 14.9. The summed E-state index contributed by atoms with van der Waals surface area (Å²) in [5.74, 6) is -0.766. The highest BCUT2D eigenvalue weighted by Crippen LogP contribution is 2.48. The Bertz CT molecular complexity index is 1600. The fourth-order valence-electron chi connectivity index (χ4n) is 4.60. The Hall–Kier alpha value is -3.83. The molecule has 0 bridgehead atoms. The minimum atomic E-state index is -2.10. The molecule has 3 aromatic rings. The van der Waals surface area contributed by atoms with E-state index in [0.717, 1.165) is 9.87 Å². The summed E-state index contributed by atoms with van der Waals surface area (Å²) >= 11 is 0. The van der Waals surface area contributed by atoms with E-state index in [1.807, 2.05) is 30.3 Å². The van der Waals surface area contributed by atoms with Gasteiger partial charge in [-0.25, -0.2) is 13.4 Å². The van der Waals surface area contributed by atoms with Gasteiger partial charge in [-0.15, -0.1) is 0 Å². The molecule has 1 unspecified atom stereocenters. The van der Waals surface area contributed by atoms with Gasteiger partial charge in [-0.2, -0.15) is 4.31 Å². The molecule has 0 radical (unpaired) electrons. The number of aromatic nitrogens is 1. The summed E-state index contributed by atoms with van der Waals surface area (Å²) in [6.45, 7) is 8.44. The number of hydrogen-bond donors (Lipinski definition) is 1. The van der Waals surface area contributed by atoms with E-state index in [1.165, 1.54) is 29.8 Å². The maximum atomic E-state index is 14.9. The Morgan fingerprint density at radius 2 is 1.77 bits per heavy atom. The smallest absolute Gasteiger partial charge is 0.427 e. The van der Waals surface area contributed by atoms with E-state index in [0.29, 0.717) is 18.4 Å². The highest BCUT2D eigenvalue weighted by atomic mass is 32.2. The first-order valence-electron chi connectivity index (χ1n) is 14.0. The molecule has 1 aliphatic rings. The lowest BCUT2D eigenvalue weighted by Crippen LogP contribution is -2.44. The molecule has 1 saturated carbocycles. The summed E-state index contributed by atoms with van der Waals surface area (Å²) in [5, 5.41) is 2.93. The van der Waals surface area contributed by atoms with Crippen molar-refractivity contribution in [3.8, 4) is 0 Å². The normalized spacial score (nSPS) is 14.6. The Morgan fingerprint density at radius 1 is 1.09 bits per heavy atom. The number of carbonyl (C=O) groups is 2. The molecule has 1 atom stereocenters. The average Bonchev–Trinajstić information content (AvgIpc) is 3.70. The number of rotatable bonds is 11. The van der Waals surface area contributed by atoms with Crippen molar-refractivity contribution in [3.05, 3.63) is 87.5 Å². The third kappa shape index (κ3) is 7.77. The first-order valence-corrected chi connectivity index (χ1v) is 15.1. The van der Waals surface area contributed by atoms with Crippen LogP contribution in [0.4, 0.5) is 26.4 Å². The topological polar surface area (TPSA) is 107 Å². The van der Waals surface area contributed by atoms with Gasteiger partial charge in [0.1, 0.15) is 40.5 Å². The highest BCUT2D eigenvalue weighted by Gasteiger charge is 2.54. The molecule has 43 heavy (non-hydrogen) atoms. The number of hydrogen-bond acceptors (Lipinski definition) is 7. The van der Waals surface area contributed by atoms with E-state index in [9.17, 15) is 23.0 Å². The van der Waals surface area contributed by atoms with Crippen molar-refractivity contribution in [1.29, 1.82) is 0 Å². The molecule has 1 amide bonds. The van der Waals surface area contributed by atoms with Crippen molar-refractivity contribution in [1.82, 2.24) is 4.57 Å². The van der Waals surface area contributed by atoms with E-state index in [4.69, 9.17) is 9.47 Å². The molecule has 0 aliphatic heterocycles. The summed E-state index contributed by atoms with van der Waals surface area (Å²) in [4.78, 5) is 39.7. The van der Waals surface area contributed by atoms with Gasteiger partial charge in [-0.3, -0.25) is 14.2 Å². The Kier molecular flexibility index (Phi) is 9.56. The molecule has 11 heteroatoms. The number of carbonyl (C=O) groups excluding carboxylic acids is 2. The number of amides is 1. The van der Waals surface area contributed by atoms with Gasteiger partial charge in [0.25, 0.3) is 5.56 Å². The maximum Gasteiger partial charge on any atom is 0.427 e. The lowest BCUT2D eigenvalue weighted by molar-refractivity contribution is -0.124. The number of benzene rings is 2. The van der Waals surface area contributed by atoms with E-state index in [-0.39, 0.29) is 53.7 Å². The third-order valence-corrected chi connectivity index (χ3v) is 8.94. The predicted molar refractivity (Wildman–Crippen MR) is 165 cm³/mol. The van der Waals surface area contributed by atoms with Crippen LogP contribution in [0.2, 0.25) is 0 Å². The quantitative estimate of drug-likeness (QED) is 0.284. The molecular weight excluding hydrogens is 573 g/mol. The number of ether oxygens (including phenoxy) is 2. The fourth-order valence-corrected chi connectivity index (χ4v) is 6.21. The molecule has 2 aromatic carbocycles. The van der Waals surface area contributed by atoms with Crippen LogP contribution in [0.1, 0.15) is 56.7 Å². The molecule has 1 aromatic heterocycles. The summed E-state index contributed by atoms with van der Waals surface area (Å²) in [6.07, 6.45) is -0.129. The van der Waals surface area contributed by atoms with E-state index in [1.54, 1.807) is 40.7 Å². The molecular formula is C32H38FN3O6S. The third-order valence-electron chi connectivity index (χ3n) is 6.97. The molecule has 1 fully saturated rings. The molecule has 1 aliphatic carbocycles. The van der Waals surface area contributed by atoms with Gasteiger partial charge in [0.2, 0.25) is 0 Å². The van der Waals surface area contributed by atoms with Crippen molar-refractivity contribution in [2.45, 2.75) is 70.8 Å². The molecule has 4 rings (SSSR count). The minimum absolute atomic E-state index is 0.0471. The number of ketones is 1. The lowest BCUT2D eigenvalue weighted by Gasteiger charge is -2.31. The zero-order chi connectivity index (χ0) is 31.5. The number of anilines is 3. The second-order valence-electron chi connectivity index (χ2n) is 11.9. The summed E-state index contributed by atoms with van der Waals surface area (Å²) in [7, 11) is -0.626. The van der Waals surface area contributed by atoms with Crippen molar-refractivity contribution in [2.75, 3.05) is 16.2 Å². The van der Waals surface area contributed by atoms with Gasteiger partial charge in [0, 0.05) is 19.0 Å². The molecule has 1 N–H and O–H groups in total. The largest absolute Gasteiger partial charge is 0.443 e. The lowest BCUT2D eigenvalue weighted by atomic mass is 10.2. The number of nitrogens with zero attached hydrogens (tertiary/aromatic N) is 2. The summed E-state index contributed by atoms with van der Waals surface area (Å²) in [5.41, 5.74) is 0.688. The summed E-state index contributed by atoms with van der Waals surface area (Å²) in [6, 6.07) is 15.4. The van der Waals surface area contributed by atoms with Crippen molar-refractivity contribution >= 4 is 40.1 Å². The Balaban J connectivity index is 1.68. The first kappa shape index (κ1) is 32.1. The molecule has 1 heterocycles. The average molecular weight is 612 g/mol. The molecule has 0 spiro atoms. The number of Topliss-reactive ketones (excluding diaryl/α,β-unsaturated/α-hetero) is 1. The number of pyridine rings is 1. The second-order valence-corrected chi connectivity index (χ2v) is 13.7. The van der Waals surface area contributed by atoms with Gasteiger partial charge in [0.15, 0.2) is 5.78 Å². The van der Waals surface area contributed by atoms with Crippen LogP contribution in [-0.2, 0) is 38.9 Å². The monoisotopic (exact) mass is 611 g/mol. The van der Waals surface area contributed by atoms with Crippen molar-refractivity contribution < 1.29 is 27.7 Å². The second kappa shape index (κ2) is 12.8. The fraction of sp³-hybridized carbons (Fsp3) is 0.406. The van der Waals surface area contributed by atoms with Crippen LogP contribution in [0.25, 0.3) is 0 Å². The van der Waals surface area contributed by atoms with Crippen LogP contribution in [0.3, 0.4) is 0 Å². The van der Waals surface area contributed by atoms with Crippen LogP contribution in [0.5, 0.6) is 0 Å². The van der Waals surface area contributed by atoms with E-state index < -0.39 is 33.2 Å². The van der Waals surface area contributed by atoms with Crippen molar-refractivity contribution in [2.24, 2.45) is 7.05 Å². The zero-order valence-corrected chi connectivity index (χ0v) is 26.2. The first-order chi connectivity index (χ1) is 20.2.